The summed E-state index contributed by atoms with van der Waals surface area (Å²) in [4.78, 5) is 20.8. The second-order valence-electron chi connectivity index (χ2n) is 7.31. The molecule has 0 bridgehead atoms. The zero-order chi connectivity index (χ0) is 17.4. The fraction of sp³-hybridized carbons (Fsp3) is 0.588. The predicted molar refractivity (Wildman–Crippen MR) is 93.0 cm³/mol. The Bertz CT molecular complexity index is 745. The maximum absolute atomic E-state index is 12.4. The number of alkyl carbamates (subject to hydrolysis) is 1. The third-order valence-corrected chi connectivity index (χ3v) is 4.61. The number of carbonyl (C=O) groups excluding carboxylic acids is 1. The van der Waals surface area contributed by atoms with Crippen LogP contribution in [-0.4, -0.2) is 26.2 Å². The Hall–Kier alpha value is -1.82. The number of ether oxygens (including phenoxy) is 1. The van der Waals surface area contributed by atoms with Gasteiger partial charge in [-0.25, -0.2) is 14.8 Å². The lowest BCUT2D eigenvalue weighted by Gasteiger charge is -2.40. The average Bonchev–Trinajstić information content (AvgIpc) is 2.92. The van der Waals surface area contributed by atoms with E-state index in [2.05, 4.69) is 15.3 Å². The quantitative estimate of drug-likeness (QED) is 0.823. The second kappa shape index (κ2) is 6.24. The van der Waals surface area contributed by atoms with Crippen molar-refractivity contribution >= 4 is 28.7 Å². The summed E-state index contributed by atoms with van der Waals surface area (Å²) >= 11 is 6.17. The van der Waals surface area contributed by atoms with Gasteiger partial charge in [-0.05, 0) is 52.5 Å². The van der Waals surface area contributed by atoms with Gasteiger partial charge in [-0.15, -0.1) is 0 Å². The number of hydrogen-bond acceptors (Lipinski definition) is 4. The zero-order valence-corrected chi connectivity index (χ0v) is 15.1. The number of rotatable bonds is 2. The predicted octanol–water partition coefficient (Wildman–Crippen LogP) is 4.23. The molecule has 0 aromatic carbocycles. The highest BCUT2D eigenvalue weighted by atomic mass is 35.5. The molecule has 6 nitrogen and oxygen atoms in total. The standard InChI is InChI=1S/C17H23ClN4O2/c1-16(2,3)24-15(23)21-17(8-5-4-6-9-17)22-10-7-12-13(18)19-11-20-14(12)22/h7,10-11H,4-6,8-9H2,1-3H3,(H,21,23). The third-order valence-electron chi connectivity index (χ3n) is 4.31. The lowest BCUT2D eigenvalue weighted by Crippen LogP contribution is -2.52. The van der Waals surface area contributed by atoms with Crippen LogP contribution in [-0.2, 0) is 10.4 Å². The van der Waals surface area contributed by atoms with Crippen molar-refractivity contribution in [2.45, 2.75) is 64.1 Å². The second-order valence-corrected chi connectivity index (χ2v) is 7.66. The molecule has 1 amide bonds. The molecule has 7 heteroatoms. The van der Waals surface area contributed by atoms with E-state index < -0.39 is 17.4 Å². The molecular formula is C17H23ClN4O2. The fourth-order valence-corrected chi connectivity index (χ4v) is 3.51. The monoisotopic (exact) mass is 350 g/mol. The highest BCUT2D eigenvalue weighted by Crippen LogP contribution is 2.36. The Morgan fingerprint density at radius 1 is 1.29 bits per heavy atom. The van der Waals surface area contributed by atoms with E-state index in [-0.39, 0.29) is 0 Å². The molecule has 1 aliphatic carbocycles. The molecule has 2 aromatic rings. The summed E-state index contributed by atoms with van der Waals surface area (Å²) in [7, 11) is 0. The summed E-state index contributed by atoms with van der Waals surface area (Å²) in [6.07, 6.45) is 7.86. The van der Waals surface area contributed by atoms with Crippen molar-refractivity contribution in [1.82, 2.24) is 19.9 Å². The first-order valence-electron chi connectivity index (χ1n) is 8.30. The summed E-state index contributed by atoms with van der Waals surface area (Å²) < 4.78 is 7.49. The van der Waals surface area contributed by atoms with E-state index in [0.29, 0.717) is 5.15 Å². The van der Waals surface area contributed by atoms with Gasteiger partial charge in [0.15, 0.2) is 0 Å². The van der Waals surface area contributed by atoms with Crippen LogP contribution in [0.4, 0.5) is 4.79 Å². The van der Waals surface area contributed by atoms with Gasteiger partial charge >= 0.3 is 6.09 Å². The van der Waals surface area contributed by atoms with Crippen LogP contribution in [0, 0.1) is 0 Å². The highest BCUT2D eigenvalue weighted by Gasteiger charge is 2.38. The summed E-state index contributed by atoms with van der Waals surface area (Å²) in [6.45, 7) is 5.58. The van der Waals surface area contributed by atoms with Crippen LogP contribution < -0.4 is 5.32 Å². The van der Waals surface area contributed by atoms with Gasteiger partial charge < -0.3 is 9.30 Å². The summed E-state index contributed by atoms with van der Waals surface area (Å²) in [5, 5.41) is 4.31. The van der Waals surface area contributed by atoms with Crippen molar-refractivity contribution < 1.29 is 9.53 Å². The van der Waals surface area contributed by atoms with Crippen molar-refractivity contribution in [3.63, 3.8) is 0 Å². The van der Waals surface area contributed by atoms with Crippen LogP contribution in [0.5, 0.6) is 0 Å². The molecule has 2 aromatic heterocycles. The maximum Gasteiger partial charge on any atom is 0.409 e. The van der Waals surface area contributed by atoms with Gasteiger partial charge in [-0.2, -0.15) is 0 Å². The number of fused-ring (bicyclic) bond motifs is 1. The van der Waals surface area contributed by atoms with Crippen LogP contribution >= 0.6 is 11.6 Å². The fourth-order valence-electron chi connectivity index (χ4n) is 3.32. The molecule has 2 heterocycles. The van der Waals surface area contributed by atoms with Gasteiger partial charge in [0.05, 0.1) is 5.39 Å². The Balaban J connectivity index is 1.99. The third kappa shape index (κ3) is 3.34. The van der Waals surface area contributed by atoms with Crippen LogP contribution in [0.1, 0.15) is 52.9 Å². The molecule has 3 rings (SSSR count). The summed E-state index contributed by atoms with van der Waals surface area (Å²) in [6, 6.07) is 1.89. The molecule has 0 saturated heterocycles. The molecular weight excluding hydrogens is 328 g/mol. The van der Waals surface area contributed by atoms with E-state index in [1.165, 1.54) is 6.33 Å². The van der Waals surface area contributed by atoms with Crippen LogP contribution in [0.3, 0.4) is 0 Å². The number of aromatic nitrogens is 3. The number of nitrogens with one attached hydrogen (secondary N) is 1. The molecule has 0 spiro atoms. The average molecular weight is 351 g/mol. The molecule has 1 saturated carbocycles. The summed E-state index contributed by atoms with van der Waals surface area (Å²) in [5.74, 6) is 0. The van der Waals surface area contributed by atoms with Crippen molar-refractivity contribution in [1.29, 1.82) is 0 Å². The molecule has 0 atom stereocenters. The first kappa shape index (κ1) is 17.0. The minimum absolute atomic E-state index is 0.411. The van der Waals surface area contributed by atoms with Gasteiger partial charge in [0.1, 0.15) is 28.4 Å². The number of hydrogen-bond donors (Lipinski definition) is 1. The van der Waals surface area contributed by atoms with Crippen molar-refractivity contribution in [3.8, 4) is 0 Å². The first-order valence-corrected chi connectivity index (χ1v) is 8.68. The molecule has 1 aliphatic rings. The SMILES string of the molecule is CC(C)(C)OC(=O)NC1(n2ccc3c(Cl)ncnc32)CCCCC1. The van der Waals surface area contributed by atoms with Gasteiger partial charge in [0.25, 0.3) is 0 Å². The van der Waals surface area contributed by atoms with Crippen molar-refractivity contribution in [2.24, 2.45) is 0 Å². The van der Waals surface area contributed by atoms with E-state index in [1.54, 1.807) is 0 Å². The van der Waals surface area contributed by atoms with Crippen LogP contribution in [0.15, 0.2) is 18.6 Å². The number of nitrogens with zero attached hydrogens (tertiary/aromatic N) is 3. The van der Waals surface area contributed by atoms with E-state index >= 15 is 0 Å². The Morgan fingerprint density at radius 3 is 2.67 bits per heavy atom. The van der Waals surface area contributed by atoms with Gasteiger partial charge in [0, 0.05) is 6.20 Å². The van der Waals surface area contributed by atoms with Crippen molar-refractivity contribution in [3.05, 3.63) is 23.7 Å². The summed E-state index contributed by atoms with van der Waals surface area (Å²) in [5.41, 5.74) is -0.350. The number of carbonyl (C=O) groups is 1. The molecule has 1 fully saturated rings. The molecule has 1 N–H and O–H groups in total. The number of halogens is 1. The molecule has 0 aliphatic heterocycles. The Labute approximate surface area is 146 Å². The zero-order valence-electron chi connectivity index (χ0n) is 14.3. The van der Waals surface area contributed by atoms with E-state index in [0.717, 1.165) is 43.1 Å². The lowest BCUT2D eigenvalue weighted by molar-refractivity contribution is 0.0332. The van der Waals surface area contributed by atoms with Gasteiger partial charge in [-0.3, -0.25) is 5.32 Å². The van der Waals surface area contributed by atoms with Crippen LogP contribution in [0.2, 0.25) is 5.15 Å². The van der Waals surface area contributed by atoms with Crippen LogP contribution in [0.25, 0.3) is 11.0 Å². The normalized spacial score (nSPS) is 17.7. The molecule has 24 heavy (non-hydrogen) atoms. The first-order chi connectivity index (χ1) is 11.3. The lowest BCUT2D eigenvalue weighted by atomic mass is 9.88. The molecule has 0 radical (unpaired) electrons. The minimum atomic E-state index is -0.542. The highest BCUT2D eigenvalue weighted by molar-refractivity contribution is 6.33. The topological polar surface area (TPSA) is 69.0 Å². The smallest absolute Gasteiger partial charge is 0.409 e. The Kier molecular flexibility index (Phi) is 4.42. The molecule has 130 valence electrons. The molecule has 0 unspecified atom stereocenters. The van der Waals surface area contributed by atoms with E-state index in [4.69, 9.17) is 16.3 Å². The van der Waals surface area contributed by atoms with Gasteiger partial charge in [0.2, 0.25) is 0 Å². The minimum Gasteiger partial charge on any atom is -0.444 e. The Morgan fingerprint density at radius 2 is 2.00 bits per heavy atom. The maximum atomic E-state index is 12.4. The van der Waals surface area contributed by atoms with E-state index in [9.17, 15) is 4.79 Å². The number of amides is 1. The van der Waals surface area contributed by atoms with E-state index in [1.807, 2.05) is 37.6 Å². The van der Waals surface area contributed by atoms with Gasteiger partial charge in [-0.1, -0.05) is 18.0 Å². The van der Waals surface area contributed by atoms with Crippen molar-refractivity contribution in [2.75, 3.05) is 0 Å². The largest absolute Gasteiger partial charge is 0.444 e.